The van der Waals surface area contributed by atoms with Crippen molar-refractivity contribution in [3.8, 4) is 5.75 Å². The zero-order valence-electron chi connectivity index (χ0n) is 14.9. The summed E-state index contributed by atoms with van der Waals surface area (Å²) in [6.07, 6.45) is 4.60. The molecule has 6 heteroatoms. The predicted molar refractivity (Wildman–Crippen MR) is 101 cm³/mol. The van der Waals surface area contributed by atoms with E-state index in [0.717, 1.165) is 21.9 Å². The Labute approximate surface area is 158 Å². The molecular formula is C20H23ClN2O3. The Kier molecular flexibility index (Phi) is 6.47. The first-order valence-electron chi connectivity index (χ1n) is 8.79. The molecule has 2 aromatic rings. The highest BCUT2D eigenvalue weighted by Crippen LogP contribution is 2.21. The number of morpholine rings is 1. The first-order chi connectivity index (χ1) is 12.6. The maximum absolute atomic E-state index is 12.5. The highest BCUT2D eigenvalue weighted by atomic mass is 35.5. The van der Waals surface area contributed by atoms with Gasteiger partial charge < -0.3 is 14.4 Å². The number of hydrogen-bond donors (Lipinski definition) is 0. The summed E-state index contributed by atoms with van der Waals surface area (Å²) in [7, 11) is 0. The third-order valence-corrected chi connectivity index (χ3v) is 4.83. The molecule has 1 atom stereocenters. The van der Waals surface area contributed by atoms with Gasteiger partial charge in [0.25, 0.3) is 0 Å². The maximum Gasteiger partial charge on any atom is 0.223 e. The molecule has 0 radical (unpaired) electrons. The third-order valence-electron chi connectivity index (χ3n) is 4.41. The largest absolute Gasteiger partial charge is 0.491 e. The van der Waals surface area contributed by atoms with Gasteiger partial charge >= 0.3 is 0 Å². The Morgan fingerprint density at radius 1 is 1.42 bits per heavy atom. The van der Waals surface area contributed by atoms with Gasteiger partial charge in [-0.05, 0) is 48.7 Å². The molecule has 0 N–H and O–H groups in total. The van der Waals surface area contributed by atoms with Gasteiger partial charge in [0.1, 0.15) is 18.5 Å². The van der Waals surface area contributed by atoms with E-state index in [0.29, 0.717) is 39.1 Å². The van der Waals surface area contributed by atoms with Crippen molar-refractivity contribution in [2.75, 3.05) is 26.3 Å². The number of halogens is 1. The fraction of sp³-hybridized carbons (Fsp3) is 0.400. The third kappa shape index (κ3) is 5.19. The molecule has 2 heterocycles. The van der Waals surface area contributed by atoms with E-state index in [1.54, 1.807) is 12.4 Å². The second kappa shape index (κ2) is 9.01. The fourth-order valence-corrected chi connectivity index (χ4v) is 3.02. The zero-order valence-corrected chi connectivity index (χ0v) is 15.6. The van der Waals surface area contributed by atoms with E-state index in [4.69, 9.17) is 21.1 Å². The van der Waals surface area contributed by atoms with Crippen LogP contribution in [0.1, 0.15) is 17.5 Å². The number of carbonyl (C=O) groups excluding carboxylic acids is 1. The fourth-order valence-electron chi connectivity index (χ4n) is 2.90. The molecule has 0 bridgehead atoms. The summed E-state index contributed by atoms with van der Waals surface area (Å²) >= 11 is 6.03. The molecular weight excluding hydrogens is 352 g/mol. The number of pyridine rings is 1. The number of aromatic nitrogens is 1. The second-order valence-electron chi connectivity index (χ2n) is 6.42. The van der Waals surface area contributed by atoms with Gasteiger partial charge in [0.15, 0.2) is 0 Å². The summed E-state index contributed by atoms with van der Waals surface area (Å²) in [5, 5.41) is 0.719. The Morgan fingerprint density at radius 3 is 3.08 bits per heavy atom. The molecule has 138 valence electrons. The van der Waals surface area contributed by atoms with Crippen molar-refractivity contribution >= 4 is 17.5 Å². The highest BCUT2D eigenvalue weighted by Gasteiger charge is 2.24. The van der Waals surface area contributed by atoms with Crippen LogP contribution in [0.5, 0.6) is 5.75 Å². The van der Waals surface area contributed by atoms with E-state index in [-0.39, 0.29) is 12.0 Å². The number of hydrogen-bond acceptors (Lipinski definition) is 4. The summed E-state index contributed by atoms with van der Waals surface area (Å²) in [5.41, 5.74) is 2.05. The minimum atomic E-state index is -0.123. The first-order valence-corrected chi connectivity index (χ1v) is 9.17. The minimum Gasteiger partial charge on any atom is -0.491 e. The van der Waals surface area contributed by atoms with Crippen molar-refractivity contribution in [1.29, 1.82) is 0 Å². The van der Waals surface area contributed by atoms with Gasteiger partial charge in [-0.3, -0.25) is 9.78 Å². The Morgan fingerprint density at radius 2 is 2.31 bits per heavy atom. The number of ether oxygens (including phenoxy) is 2. The SMILES string of the molecule is Cc1cc(OCC2CN(C(=O)CCc3cccnc3)CCO2)ccc1Cl. The molecule has 26 heavy (non-hydrogen) atoms. The van der Waals surface area contributed by atoms with Crippen LogP contribution < -0.4 is 4.74 Å². The standard InChI is InChI=1S/C20H23ClN2O3/c1-15-11-17(5-6-19(15)21)26-14-18-13-23(9-10-25-18)20(24)7-4-16-3-2-8-22-12-16/h2-3,5-6,8,11-12,18H,4,7,9-10,13-14H2,1H3. The van der Waals surface area contributed by atoms with Crippen molar-refractivity contribution < 1.29 is 14.3 Å². The second-order valence-corrected chi connectivity index (χ2v) is 6.82. The lowest BCUT2D eigenvalue weighted by molar-refractivity contribution is -0.139. The van der Waals surface area contributed by atoms with Crippen LogP contribution in [0.25, 0.3) is 0 Å². The molecule has 0 saturated carbocycles. The van der Waals surface area contributed by atoms with Gasteiger partial charge in [-0.1, -0.05) is 17.7 Å². The molecule has 1 aromatic carbocycles. The van der Waals surface area contributed by atoms with Crippen LogP contribution in [0.4, 0.5) is 0 Å². The minimum absolute atomic E-state index is 0.123. The van der Waals surface area contributed by atoms with Gasteiger partial charge in [-0.25, -0.2) is 0 Å². The Bertz CT molecular complexity index is 739. The summed E-state index contributed by atoms with van der Waals surface area (Å²) in [5.74, 6) is 0.903. The van der Waals surface area contributed by atoms with Gasteiger partial charge in [0.05, 0.1) is 13.2 Å². The number of nitrogens with zero attached hydrogens (tertiary/aromatic N) is 2. The van der Waals surface area contributed by atoms with Gasteiger partial charge in [0.2, 0.25) is 5.91 Å². The van der Waals surface area contributed by atoms with Crippen molar-refractivity contribution in [3.05, 3.63) is 58.9 Å². The molecule has 5 nitrogen and oxygen atoms in total. The normalized spacial score (nSPS) is 17.2. The molecule has 1 aliphatic heterocycles. The van der Waals surface area contributed by atoms with Crippen LogP contribution in [-0.4, -0.2) is 48.2 Å². The quantitative estimate of drug-likeness (QED) is 0.778. The summed E-state index contributed by atoms with van der Waals surface area (Å²) in [6.45, 7) is 4.07. The molecule has 0 aliphatic carbocycles. The molecule has 1 amide bonds. The van der Waals surface area contributed by atoms with Crippen LogP contribution >= 0.6 is 11.6 Å². The average Bonchev–Trinajstić information content (AvgIpc) is 2.68. The first kappa shape index (κ1) is 18.7. The van der Waals surface area contributed by atoms with Crippen LogP contribution in [-0.2, 0) is 16.0 Å². The van der Waals surface area contributed by atoms with Crippen LogP contribution in [0.2, 0.25) is 5.02 Å². The van der Waals surface area contributed by atoms with Crippen molar-refractivity contribution in [2.24, 2.45) is 0 Å². The van der Waals surface area contributed by atoms with Crippen LogP contribution in [0, 0.1) is 6.92 Å². The number of amides is 1. The number of rotatable bonds is 6. The van der Waals surface area contributed by atoms with E-state index in [2.05, 4.69) is 4.98 Å². The lowest BCUT2D eigenvalue weighted by Crippen LogP contribution is -2.47. The molecule has 1 unspecified atom stereocenters. The van der Waals surface area contributed by atoms with E-state index in [1.807, 2.05) is 42.2 Å². The molecule has 3 rings (SSSR count). The van der Waals surface area contributed by atoms with E-state index in [9.17, 15) is 4.79 Å². The highest BCUT2D eigenvalue weighted by molar-refractivity contribution is 6.31. The van der Waals surface area contributed by atoms with E-state index in [1.165, 1.54) is 0 Å². The molecule has 1 aromatic heterocycles. The lowest BCUT2D eigenvalue weighted by atomic mass is 10.1. The summed E-state index contributed by atoms with van der Waals surface area (Å²) in [4.78, 5) is 18.4. The topological polar surface area (TPSA) is 51.7 Å². The van der Waals surface area contributed by atoms with Gasteiger partial charge in [-0.2, -0.15) is 0 Å². The molecule has 0 spiro atoms. The number of carbonyl (C=O) groups is 1. The van der Waals surface area contributed by atoms with Crippen molar-refractivity contribution in [1.82, 2.24) is 9.88 Å². The molecule has 1 saturated heterocycles. The Balaban J connectivity index is 1.47. The molecule has 1 fully saturated rings. The summed E-state index contributed by atoms with van der Waals surface area (Å²) in [6, 6.07) is 9.45. The molecule has 1 aliphatic rings. The number of aryl methyl sites for hydroxylation is 2. The monoisotopic (exact) mass is 374 g/mol. The lowest BCUT2D eigenvalue weighted by Gasteiger charge is -2.33. The zero-order chi connectivity index (χ0) is 18.4. The Hall–Kier alpha value is -2.11. The van der Waals surface area contributed by atoms with Crippen LogP contribution in [0.3, 0.4) is 0 Å². The van der Waals surface area contributed by atoms with Gasteiger partial charge in [0, 0.05) is 30.4 Å². The van der Waals surface area contributed by atoms with E-state index < -0.39 is 0 Å². The maximum atomic E-state index is 12.5. The van der Waals surface area contributed by atoms with Crippen molar-refractivity contribution in [3.63, 3.8) is 0 Å². The van der Waals surface area contributed by atoms with Crippen LogP contribution in [0.15, 0.2) is 42.7 Å². The van der Waals surface area contributed by atoms with Crippen molar-refractivity contribution in [2.45, 2.75) is 25.9 Å². The predicted octanol–water partition coefficient (Wildman–Crippen LogP) is 3.28. The smallest absolute Gasteiger partial charge is 0.223 e. The summed E-state index contributed by atoms with van der Waals surface area (Å²) < 4.78 is 11.6. The number of benzene rings is 1. The van der Waals surface area contributed by atoms with Gasteiger partial charge in [-0.15, -0.1) is 0 Å². The average molecular weight is 375 g/mol. The van der Waals surface area contributed by atoms with E-state index >= 15 is 0 Å².